The molecule has 0 spiro atoms. The van der Waals surface area contributed by atoms with E-state index in [0.717, 1.165) is 11.4 Å². The second kappa shape index (κ2) is 8.15. The molecule has 0 saturated carbocycles. The minimum atomic E-state index is -0.566. The van der Waals surface area contributed by atoms with E-state index in [2.05, 4.69) is 34.3 Å². The number of carbonyl (C=O) groups is 1. The number of amides is 1. The molecule has 0 saturated heterocycles. The zero-order valence-electron chi connectivity index (χ0n) is 18.4. The Balaban J connectivity index is 1.47. The number of aryl methyl sites for hydroxylation is 1. The van der Waals surface area contributed by atoms with Crippen LogP contribution in [0.15, 0.2) is 47.6 Å². The Kier molecular flexibility index (Phi) is 5.54. The third-order valence-electron chi connectivity index (χ3n) is 5.39. The number of aliphatic imine (C=N–C) groups is 1. The van der Waals surface area contributed by atoms with Crippen LogP contribution in [0, 0.1) is 6.92 Å². The van der Waals surface area contributed by atoms with E-state index in [-0.39, 0.29) is 5.91 Å². The summed E-state index contributed by atoms with van der Waals surface area (Å²) in [5.74, 6) is 1.93. The Labute approximate surface area is 186 Å². The number of carbonyl (C=O) groups excluding carboxylic acids is 1. The standard InChI is InChI=1S/C24H26N4O2S/c1-15-17-8-6-7-9-19(17)31-20(15)14-28(5)21(29)11-10-16-12-18-22(26-13-16)27-23(25-4)24(2,3)30-18/h6-13H,14H2,1-5H3,(H,25,26,27). The first kappa shape index (κ1) is 21.1. The quantitative estimate of drug-likeness (QED) is 0.594. The third kappa shape index (κ3) is 4.18. The number of ether oxygens (including phenoxy) is 1. The van der Waals surface area contributed by atoms with Crippen molar-refractivity contribution < 1.29 is 9.53 Å². The van der Waals surface area contributed by atoms with Gasteiger partial charge >= 0.3 is 0 Å². The number of hydrogen-bond donors (Lipinski definition) is 1. The van der Waals surface area contributed by atoms with E-state index in [1.807, 2.05) is 39.1 Å². The lowest BCUT2D eigenvalue weighted by atomic mass is 10.1. The van der Waals surface area contributed by atoms with E-state index in [1.54, 1.807) is 41.6 Å². The van der Waals surface area contributed by atoms with Crippen molar-refractivity contribution in [3.63, 3.8) is 0 Å². The van der Waals surface area contributed by atoms with Crippen molar-refractivity contribution in [2.75, 3.05) is 19.4 Å². The van der Waals surface area contributed by atoms with Gasteiger partial charge in [0.15, 0.2) is 17.2 Å². The van der Waals surface area contributed by atoms with Gasteiger partial charge in [0.2, 0.25) is 5.91 Å². The summed E-state index contributed by atoms with van der Waals surface area (Å²) in [6, 6.07) is 10.2. The zero-order valence-corrected chi connectivity index (χ0v) is 19.2. The van der Waals surface area contributed by atoms with Crippen LogP contribution in [0.1, 0.15) is 29.9 Å². The molecule has 4 rings (SSSR count). The van der Waals surface area contributed by atoms with E-state index in [9.17, 15) is 4.79 Å². The number of fused-ring (bicyclic) bond motifs is 2. The monoisotopic (exact) mass is 434 g/mol. The average molecular weight is 435 g/mol. The number of nitrogens with zero attached hydrogens (tertiary/aromatic N) is 3. The molecule has 0 aliphatic carbocycles. The fourth-order valence-corrected chi connectivity index (χ4v) is 4.86. The minimum absolute atomic E-state index is 0.0608. The highest BCUT2D eigenvalue weighted by atomic mass is 32.1. The third-order valence-corrected chi connectivity index (χ3v) is 6.65. The van der Waals surface area contributed by atoms with E-state index in [0.29, 0.717) is 18.1 Å². The predicted octanol–water partition coefficient (Wildman–Crippen LogP) is 4.89. The second-order valence-corrected chi connectivity index (χ2v) is 9.24. The number of anilines is 1. The number of nitrogens with one attached hydrogen (secondary N) is 1. The SMILES string of the molecule is CN=C1Nc2ncc(C=CC(=O)N(C)Cc3sc4ccccc4c3C)cc2OC1(C)C. The van der Waals surface area contributed by atoms with Gasteiger partial charge in [0.1, 0.15) is 5.84 Å². The van der Waals surface area contributed by atoms with Crippen LogP contribution in [0.3, 0.4) is 0 Å². The van der Waals surface area contributed by atoms with Crippen molar-refractivity contribution in [1.29, 1.82) is 0 Å². The fourth-order valence-electron chi connectivity index (χ4n) is 3.60. The number of rotatable bonds is 4. The second-order valence-electron chi connectivity index (χ2n) is 8.10. The Bertz CT molecular complexity index is 1210. The van der Waals surface area contributed by atoms with Crippen molar-refractivity contribution >= 4 is 45.1 Å². The van der Waals surface area contributed by atoms with Crippen molar-refractivity contribution in [3.8, 4) is 5.75 Å². The number of aromatic nitrogens is 1. The van der Waals surface area contributed by atoms with Gasteiger partial charge in [-0.3, -0.25) is 9.79 Å². The summed E-state index contributed by atoms with van der Waals surface area (Å²) in [7, 11) is 3.54. The van der Waals surface area contributed by atoms with Gasteiger partial charge in [-0.25, -0.2) is 4.98 Å². The van der Waals surface area contributed by atoms with Crippen molar-refractivity contribution in [1.82, 2.24) is 9.88 Å². The smallest absolute Gasteiger partial charge is 0.246 e. The van der Waals surface area contributed by atoms with Crippen LogP contribution in [0.5, 0.6) is 5.75 Å². The number of hydrogen-bond acceptors (Lipinski definition) is 5. The van der Waals surface area contributed by atoms with Gasteiger partial charge in [-0.2, -0.15) is 0 Å². The lowest BCUT2D eigenvalue weighted by molar-refractivity contribution is -0.125. The van der Waals surface area contributed by atoms with Gasteiger partial charge in [0.05, 0.1) is 6.54 Å². The van der Waals surface area contributed by atoms with E-state index in [1.165, 1.54) is 20.5 Å². The lowest BCUT2D eigenvalue weighted by Crippen LogP contribution is -2.46. The Morgan fingerprint density at radius 3 is 2.87 bits per heavy atom. The number of likely N-dealkylation sites (N-methyl/N-ethyl adjacent to an activating group) is 1. The maximum absolute atomic E-state index is 12.7. The average Bonchev–Trinajstić information content (AvgIpc) is 3.06. The molecule has 160 valence electrons. The minimum Gasteiger partial charge on any atom is -0.476 e. The van der Waals surface area contributed by atoms with Crippen LogP contribution >= 0.6 is 11.3 Å². The number of pyridine rings is 1. The van der Waals surface area contributed by atoms with E-state index < -0.39 is 5.60 Å². The molecule has 0 radical (unpaired) electrons. The van der Waals surface area contributed by atoms with Gasteiger partial charge in [-0.1, -0.05) is 18.2 Å². The first-order chi connectivity index (χ1) is 14.8. The summed E-state index contributed by atoms with van der Waals surface area (Å²) in [6.07, 6.45) is 5.05. The Hall–Kier alpha value is -3.19. The first-order valence-electron chi connectivity index (χ1n) is 10.1. The summed E-state index contributed by atoms with van der Waals surface area (Å²) in [6.45, 7) is 6.59. The number of amidine groups is 1. The van der Waals surface area contributed by atoms with Crippen LogP contribution in [0.25, 0.3) is 16.2 Å². The van der Waals surface area contributed by atoms with Crippen LogP contribution < -0.4 is 10.1 Å². The molecular weight excluding hydrogens is 408 g/mol. The topological polar surface area (TPSA) is 66.8 Å². The summed E-state index contributed by atoms with van der Waals surface area (Å²) in [4.78, 5) is 24.3. The molecule has 0 bridgehead atoms. The van der Waals surface area contributed by atoms with Gasteiger partial charge in [-0.15, -0.1) is 11.3 Å². The molecular formula is C24H26N4O2S. The highest BCUT2D eigenvalue weighted by molar-refractivity contribution is 7.19. The fraction of sp³-hybridized carbons (Fsp3) is 0.292. The maximum Gasteiger partial charge on any atom is 0.246 e. The normalized spacial score (nSPS) is 16.2. The van der Waals surface area contributed by atoms with Gasteiger partial charge in [0.25, 0.3) is 0 Å². The summed E-state index contributed by atoms with van der Waals surface area (Å²) >= 11 is 1.74. The Morgan fingerprint density at radius 2 is 2.13 bits per heavy atom. The van der Waals surface area contributed by atoms with Crippen LogP contribution in [-0.2, 0) is 11.3 Å². The molecule has 1 aliphatic heterocycles. The van der Waals surface area contributed by atoms with Crippen molar-refractivity contribution in [2.45, 2.75) is 32.9 Å². The van der Waals surface area contributed by atoms with Crippen LogP contribution in [0.2, 0.25) is 0 Å². The Morgan fingerprint density at radius 1 is 1.35 bits per heavy atom. The van der Waals surface area contributed by atoms with Crippen LogP contribution in [0.4, 0.5) is 5.82 Å². The molecule has 1 aromatic carbocycles. The highest BCUT2D eigenvalue weighted by Crippen LogP contribution is 2.33. The molecule has 1 N–H and O–H groups in total. The highest BCUT2D eigenvalue weighted by Gasteiger charge is 2.33. The van der Waals surface area contributed by atoms with E-state index in [4.69, 9.17) is 4.74 Å². The van der Waals surface area contributed by atoms with Gasteiger partial charge in [-0.05, 0) is 55.5 Å². The van der Waals surface area contributed by atoms with Crippen molar-refractivity contribution in [3.05, 3.63) is 58.6 Å². The summed E-state index contributed by atoms with van der Waals surface area (Å²) in [5.41, 5.74) is 1.47. The zero-order chi connectivity index (χ0) is 22.2. The molecule has 0 unspecified atom stereocenters. The molecule has 2 aromatic heterocycles. The number of thiophene rings is 1. The molecule has 1 amide bonds. The first-order valence-corrected chi connectivity index (χ1v) is 10.9. The van der Waals surface area contributed by atoms with Gasteiger partial charge < -0.3 is 15.0 Å². The lowest BCUT2D eigenvalue weighted by Gasteiger charge is -2.33. The molecule has 1 aliphatic rings. The van der Waals surface area contributed by atoms with Gasteiger partial charge in [0, 0.05) is 35.9 Å². The molecule has 31 heavy (non-hydrogen) atoms. The summed E-state index contributed by atoms with van der Waals surface area (Å²) < 4.78 is 7.30. The van der Waals surface area contributed by atoms with Crippen molar-refractivity contribution in [2.24, 2.45) is 4.99 Å². The number of benzene rings is 1. The molecule has 3 aromatic rings. The van der Waals surface area contributed by atoms with Crippen LogP contribution in [-0.4, -0.2) is 41.3 Å². The molecule has 7 heteroatoms. The predicted molar refractivity (Wildman–Crippen MR) is 128 cm³/mol. The molecule has 6 nitrogen and oxygen atoms in total. The molecule has 3 heterocycles. The van der Waals surface area contributed by atoms with E-state index >= 15 is 0 Å². The largest absolute Gasteiger partial charge is 0.476 e. The molecule has 0 fully saturated rings. The maximum atomic E-state index is 12.7. The summed E-state index contributed by atoms with van der Waals surface area (Å²) in [5, 5.41) is 4.46. The molecule has 0 atom stereocenters.